The smallest absolute Gasteiger partial charge is 0.335 e. The van der Waals surface area contributed by atoms with Crippen molar-refractivity contribution in [2.75, 3.05) is 37.8 Å². The number of nitrogens with zero attached hydrogens (tertiary/aromatic N) is 2. The summed E-state index contributed by atoms with van der Waals surface area (Å²) >= 11 is 11.9. The average molecular weight is 504 g/mol. The van der Waals surface area contributed by atoms with Crippen LogP contribution in [0.3, 0.4) is 0 Å². The van der Waals surface area contributed by atoms with Gasteiger partial charge in [-0.3, -0.25) is 19.7 Å². The Morgan fingerprint density at radius 1 is 1.03 bits per heavy atom. The molecule has 9 nitrogen and oxygen atoms in total. The summed E-state index contributed by atoms with van der Waals surface area (Å²) in [6.07, 6.45) is 1.36. The molecule has 0 aliphatic carbocycles. The van der Waals surface area contributed by atoms with Gasteiger partial charge in [0.25, 0.3) is 17.7 Å². The normalized spacial score (nSPS) is 17.7. The van der Waals surface area contributed by atoms with Gasteiger partial charge in [-0.15, -0.1) is 0 Å². The highest BCUT2D eigenvalue weighted by atomic mass is 35.5. The van der Waals surface area contributed by atoms with Gasteiger partial charge in [0, 0.05) is 13.1 Å². The number of carbonyl (C=O) groups is 4. The van der Waals surface area contributed by atoms with E-state index < -0.39 is 17.8 Å². The van der Waals surface area contributed by atoms with Crippen LogP contribution >= 0.6 is 23.2 Å². The number of hydrogen-bond donors (Lipinski definition) is 1. The van der Waals surface area contributed by atoms with Gasteiger partial charge in [-0.1, -0.05) is 35.3 Å². The molecule has 176 valence electrons. The van der Waals surface area contributed by atoms with Crippen LogP contribution < -0.4 is 15.0 Å². The number of halogens is 2. The Bertz CT molecular complexity index is 1180. The molecule has 2 aromatic rings. The van der Waals surface area contributed by atoms with E-state index in [0.29, 0.717) is 37.6 Å². The number of imide groups is 2. The fourth-order valence-electron chi connectivity index (χ4n) is 3.39. The number of nitrogens with one attached hydrogen (secondary N) is 1. The molecule has 0 spiro atoms. The first-order chi connectivity index (χ1) is 16.3. The standard InChI is InChI=1S/C23H19Cl2N3O6/c24-18-6-3-15(12-19(18)25)28-22(31)17(21(30)26-23(28)32)11-14-1-4-16(5-2-14)34-13-20(29)27-7-9-33-10-8-27/h1-6,11-12H,7-10,13H2,(H,26,30,32)/b17-11+. The molecule has 0 aromatic heterocycles. The number of rotatable bonds is 5. The Morgan fingerprint density at radius 3 is 2.41 bits per heavy atom. The van der Waals surface area contributed by atoms with Crippen LogP contribution in [0.5, 0.6) is 5.75 Å². The number of anilines is 1. The predicted molar refractivity (Wildman–Crippen MR) is 125 cm³/mol. The third kappa shape index (κ3) is 5.22. The van der Waals surface area contributed by atoms with Crippen LogP contribution in [-0.4, -0.2) is 61.6 Å². The van der Waals surface area contributed by atoms with Crippen LogP contribution in [0.4, 0.5) is 10.5 Å². The third-order valence-corrected chi connectivity index (χ3v) is 5.92. The summed E-state index contributed by atoms with van der Waals surface area (Å²) < 4.78 is 10.8. The Kier molecular flexibility index (Phi) is 7.16. The zero-order valence-corrected chi connectivity index (χ0v) is 19.3. The van der Waals surface area contributed by atoms with Crippen LogP contribution in [-0.2, 0) is 19.1 Å². The lowest BCUT2D eigenvalue weighted by Crippen LogP contribution is -2.54. The van der Waals surface area contributed by atoms with E-state index in [0.717, 1.165) is 4.90 Å². The molecule has 2 aromatic carbocycles. The predicted octanol–water partition coefficient (Wildman–Crippen LogP) is 2.90. The van der Waals surface area contributed by atoms with Gasteiger partial charge in [0.1, 0.15) is 11.3 Å². The second-order valence-electron chi connectivity index (χ2n) is 7.41. The minimum atomic E-state index is -0.890. The van der Waals surface area contributed by atoms with Crippen LogP contribution in [0.1, 0.15) is 5.56 Å². The molecule has 5 amide bonds. The first-order valence-electron chi connectivity index (χ1n) is 10.3. The zero-order valence-electron chi connectivity index (χ0n) is 17.8. The van der Waals surface area contributed by atoms with Crippen LogP contribution in [0.15, 0.2) is 48.0 Å². The Labute approximate surface area is 204 Å². The maximum Gasteiger partial charge on any atom is 0.335 e. The SMILES string of the molecule is O=C1NC(=O)N(c2ccc(Cl)c(Cl)c2)C(=O)/C1=C/c1ccc(OCC(=O)N2CCOCC2)cc1. The number of morpholine rings is 1. The van der Waals surface area contributed by atoms with Gasteiger partial charge in [0.15, 0.2) is 6.61 Å². The molecule has 2 fully saturated rings. The van der Waals surface area contributed by atoms with Crippen LogP contribution in [0.2, 0.25) is 10.0 Å². The molecular weight excluding hydrogens is 485 g/mol. The highest BCUT2D eigenvalue weighted by Gasteiger charge is 2.37. The summed E-state index contributed by atoms with van der Waals surface area (Å²) in [5, 5.41) is 2.56. The van der Waals surface area contributed by atoms with Gasteiger partial charge in [-0.05, 0) is 42.0 Å². The van der Waals surface area contributed by atoms with Crippen molar-refractivity contribution in [2.24, 2.45) is 0 Å². The first-order valence-corrected chi connectivity index (χ1v) is 11.0. The van der Waals surface area contributed by atoms with Crippen LogP contribution in [0.25, 0.3) is 6.08 Å². The highest BCUT2D eigenvalue weighted by Crippen LogP contribution is 2.29. The van der Waals surface area contributed by atoms with Crippen molar-refractivity contribution < 1.29 is 28.7 Å². The second kappa shape index (κ2) is 10.3. The van der Waals surface area contributed by atoms with Gasteiger partial charge < -0.3 is 14.4 Å². The maximum atomic E-state index is 13.0. The van der Waals surface area contributed by atoms with Crippen molar-refractivity contribution in [3.8, 4) is 5.75 Å². The Morgan fingerprint density at radius 2 is 1.74 bits per heavy atom. The molecule has 1 N–H and O–H groups in total. The quantitative estimate of drug-likeness (QED) is 0.496. The molecule has 0 atom stereocenters. The number of ether oxygens (including phenoxy) is 2. The highest BCUT2D eigenvalue weighted by molar-refractivity contribution is 6.43. The van der Waals surface area contributed by atoms with Crippen molar-refractivity contribution in [3.63, 3.8) is 0 Å². The molecule has 0 bridgehead atoms. The minimum absolute atomic E-state index is 0.109. The topological polar surface area (TPSA) is 105 Å². The molecule has 2 heterocycles. The Hall–Kier alpha value is -3.40. The van der Waals surface area contributed by atoms with Gasteiger partial charge in [-0.2, -0.15) is 0 Å². The molecule has 0 saturated carbocycles. The molecule has 0 unspecified atom stereocenters. The number of hydrogen-bond acceptors (Lipinski definition) is 6. The van der Waals surface area contributed by atoms with Crippen molar-refractivity contribution in [1.29, 1.82) is 0 Å². The van der Waals surface area contributed by atoms with Crippen molar-refractivity contribution in [1.82, 2.24) is 10.2 Å². The van der Waals surface area contributed by atoms with Gasteiger partial charge >= 0.3 is 6.03 Å². The zero-order chi connectivity index (χ0) is 24.2. The molecular formula is C23H19Cl2N3O6. The summed E-state index contributed by atoms with van der Waals surface area (Å²) in [5.74, 6) is -1.30. The molecule has 11 heteroatoms. The fourth-order valence-corrected chi connectivity index (χ4v) is 3.68. The van der Waals surface area contributed by atoms with Gasteiger partial charge in [0.05, 0.1) is 28.9 Å². The van der Waals surface area contributed by atoms with Crippen molar-refractivity contribution in [2.45, 2.75) is 0 Å². The largest absolute Gasteiger partial charge is 0.484 e. The van der Waals surface area contributed by atoms with E-state index in [9.17, 15) is 19.2 Å². The van der Waals surface area contributed by atoms with Gasteiger partial charge in [-0.25, -0.2) is 9.69 Å². The number of urea groups is 1. The number of barbiturate groups is 1. The molecule has 4 rings (SSSR count). The van der Waals surface area contributed by atoms with E-state index in [1.165, 1.54) is 24.3 Å². The molecule has 0 radical (unpaired) electrons. The minimum Gasteiger partial charge on any atom is -0.484 e. The monoisotopic (exact) mass is 503 g/mol. The lowest BCUT2D eigenvalue weighted by molar-refractivity contribution is -0.137. The third-order valence-electron chi connectivity index (χ3n) is 5.18. The van der Waals surface area contributed by atoms with E-state index in [-0.39, 0.29) is 33.8 Å². The molecule has 2 aliphatic rings. The van der Waals surface area contributed by atoms with E-state index in [4.69, 9.17) is 32.7 Å². The van der Waals surface area contributed by atoms with E-state index in [1.54, 1.807) is 29.2 Å². The summed E-state index contributed by atoms with van der Waals surface area (Å²) in [6.45, 7) is 1.98. The first kappa shape index (κ1) is 23.7. The second-order valence-corrected chi connectivity index (χ2v) is 8.22. The van der Waals surface area contributed by atoms with Gasteiger partial charge in [0.2, 0.25) is 0 Å². The molecule has 2 saturated heterocycles. The number of amides is 5. The number of carbonyl (C=O) groups excluding carboxylic acids is 4. The van der Waals surface area contributed by atoms with Crippen molar-refractivity contribution >= 4 is 58.7 Å². The lowest BCUT2D eigenvalue weighted by Gasteiger charge is -2.26. The van der Waals surface area contributed by atoms with E-state index in [2.05, 4.69) is 5.32 Å². The summed E-state index contributed by atoms with van der Waals surface area (Å²) in [7, 11) is 0. The van der Waals surface area contributed by atoms with Crippen LogP contribution in [0, 0.1) is 0 Å². The fraction of sp³-hybridized carbons (Fsp3) is 0.217. The summed E-state index contributed by atoms with van der Waals surface area (Å²) in [5.41, 5.74) is 0.458. The summed E-state index contributed by atoms with van der Waals surface area (Å²) in [4.78, 5) is 52.3. The van der Waals surface area contributed by atoms with Crippen molar-refractivity contribution in [3.05, 3.63) is 63.6 Å². The lowest BCUT2D eigenvalue weighted by atomic mass is 10.1. The Balaban J connectivity index is 1.47. The van der Waals surface area contributed by atoms with E-state index >= 15 is 0 Å². The van der Waals surface area contributed by atoms with E-state index in [1.807, 2.05) is 0 Å². The molecule has 34 heavy (non-hydrogen) atoms. The molecule has 2 aliphatic heterocycles. The number of benzene rings is 2. The summed E-state index contributed by atoms with van der Waals surface area (Å²) in [6, 6.07) is 9.85. The average Bonchev–Trinajstić information content (AvgIpc) is 2.83. The maximum absolute atomic E-state index is 13.0.